The summed E-state index contributed by atoms with van der Waals surface area (Å²) in [7, 11) is -3.84. The van der Waals surface area contributed by atoms with Crippen molar-refractivity contribution in [3.05, 3.63) is 24.3 Å². The van der Waals surface area contributed by atoms with Crippen molar-refractivity contribution in [1.29, 1.82) is 0 Å². The van der Waals surface area contributed by atoms with E-state index in [4.69, 9.17) is 4.74 Å². The molecule has 0 radical (unpaired) electrons. The number of allylic oxidation sites excluding steroid dienone is 2. The Morgan fingerprint density at radius 1 is 1.15 bits per heavy atom. The van der Waals surface area contributed by atoms with Crippen LogP contribution in [0.4, 0.5) is 4.79 Å². The summed E-state index contributed by atoms with van der Waals surface area (Å²) in [6.07, 6.45) is 3.76. The highest BCUT2D eigenvalue weighted by atomic mass is 32.2. The van der Waals surface area contributed by atoms with Crippen molar-refractivity contribution in [2.45, 2.75) is 102 Å². The number of hydrogen-bond acceptors (Lipinski definition) is 8. The van der Waals surface area contributed by atoms with Gasteiger partial charge >= 0.3 is 6.09 Å². The SMILES string of the molecule is C=CC1CC1(NC(=O)C1CCCN1C(=O)C(CC(=O)C(C)=CC)NC(=O)OC(C)(C)C)C(=O)NS(=O)(=O)C1CC1. The average molecular weight is 581 g/mol. The van der Waals surface area contributed by atoms with Crippen LogP contribution in [0.1, 0.15) is 73.1 Å². The van der Waals surface area contributed by atoms with Gasteiger partial charge in [-0.05, 0) is 72.3 Å². The molecule has 40 heavy (non-hydrogen) atoms. The molecule has 0 aromatic heterocycles. The monoisotopic (exact) mass is 580 g/mol. The van der Waals surface area contributed by atoms with Gasteiger partial charge in [0.05, 0.1) is 5.25 Å². The Bertz CT molecular complexity index is 1220. The Kier molecular flexibility index (Phi) is 9.17. The molecule has 12 nitrogen and oxygen atoms in total. The number of carbonyl (C=O) groups excluding carboxylic acids is 5. The van der Waals surface area contributed by atoms with Gasteiger partial charge in [-0.2, -0.15) is 0 Å². The smallest absolute Gasteiger partial charge is 0.408 e. The number of likely N-dealkylation sites (tertiary alicyclic amines) is 1. The Morgan fingerprint density at radius 3 is 2.33 bits per heavy atom. The van der Waals surface area contributed by atoms with E-state index in [1.54, 1.807) is 40.7 Å². The van der Waals surface area contributed by atoms with Gasteiger partial charge in [-0.3, -0.25) is 23.9 Å². The van der Waals surface area contributed by atoms with E-state index >= 15 is 0 Å². The Labute approximate surface area is 235 Å². The van der Waals surface area contributed by atoms with E-state index < -0.39 is 68.2 Å². The number of sulfonamides is 1. The summed E-state index contributed by atoms with van der Waals surface area (Å²) in [6, 6.07) is -2.27. The molecule has 1 saturated heterocycles. The highest BCUT2D eigenvalue weighted by Crippen LogP contribution is 2.45. The third kappa shape index (κ3) is 7.29. The molecule has 3 aliphatic rings. The normalized spacial score (nSPS) is 25.4. The van der Waals surface area contributed by atoms with Crippen LogP contribution in [0.2, 0.25) is 0 Å². The first-order chi connectivity index (χ1) is 18.5. The van der Waals surface area contributed by atoms with E-state index in [0.29, 0.717) is 24.8 Å². The van der Waals surface area contributed by atoms with Crippen molar-refractivity contribution in [1.82, 2.24) is 20.3 Å². The van der Waals surface area contributed by atoms with Gasteiger partial charge < -0.3 is 20.3 Å². The molecule has 3 fully saturated rings. The van der Waals surface area contributed by atoms with Crippen LogP contribution in [0.5, 0.6) is 0 Å². The van der Waals surface area contributed by atoms with Crippen molar-refractivity contribution in [3.8, 4) is 0 Å². The standard InChI is InChI=1S/C27H40N4O8S/c1-7-16(3)21(32)14-19(28-25(36)39-26(4,5)6)23(34)31-13-9-10-20(31)22(33)29-27(15-17(27)8-2)24(35)30-40(37,38)18-11-12-18/h7-8,17-20H,2,9-15H2,1,3-6H3,(H,28,36)(H,29,33)(H,30,35). The lowest BCUT2D eigenvalue weighted by Gasteiger charge is -2.30. The van der Waals surface area contributed by atoms with E-state index in [1.807, 2.05) is 0 Å². The summed E-state index contributed by atoms with van der Waals surface area (Å²) in [5.74, 6) is -2.91. The summed E-state index contributed by atoms with van der Waals surface area (Å²) in [5.41, 5.74) is -1.91. The predicted molar refractivity (Wildman–Crippen MR) is 146 cm³/mol. The van der Waals surface area contributed by atoms with Crippen molar-refractivity contribution in [2.24, 2.45) is 5.92 Å². The van der Waals surface area contributed by atoms with Gasteiger partial charge in [-0.15, -0.1) is 6.58 Å². The van der Waals surface area contributed by atoms with E-state index in [1.165, 1.54) is 11.0 Å². The molecule has 0 bridgehead atoms. The molecule has 0 spiro atoms. The summed E-state index contributed by atoms with van der Waals surface area (Å²) < 4.78 is 32.1. The van der Waals surface area contributed by atoms with Crippen molar-refractivity contribution in [3.63, 3.8) is 0 Å². The lowest BCUT2D eigenvalue weighted by Crippen LogP contribution is -2.58. The molecule has 0 aromatic rings. The van der Waals surface area contributed by atoms with E-state index in [-0.39, 0.29) is 31.6 Å². The maximum absolute atomic E-state index is 13.6. The number of hydrogen-bond donors (Lipinski definition) is 3. The van der Waals surface area contributed by atoms with Crippen LogP contribution in [0.3, 0.4) is 0 Å². The predicted octanol–water partition coefficient (Wildman–Crippen LogP) is 1.47. The zero-order valence-electron chi connectivity index (χ0n) is 23.7. The molecule has 222 valence electrons. The molecule has 0 aromatic carbocycles. The molecule has 1 aliphatic heterocycles. The summed E-state index contributed by atoms with van der Waals surface area (Å²) in [6.45, 7) is 12.1. The minimum absolute atomic E-state index is 0.175. The Morgan fingerprint density at radius 2 is 1.80 bits per heavy atom. The van der Waals surface area contributed by atoms with Crippen LogP contribution < -0.4 is 15.4 Å². The molecule has 2 saturated carbocycles. The summed E-state index contributed by atoms with van der Waals surface area (Å²) in [4.78, 5) is 66.6. The van der Waals surface area contributed by atoms with Crippen molar-refractivity contribution in [2.75, 3.05) is 6.54 Å². The van der Waals surface area contributed by atoms with Crippen LogP contribution >= 0.6 is 0 Å². The first-order valence-electron chi connectivity index (χ1n) is 13.5. The Balaban J connectivity index is 1.77. The second kappa shape index (κ2) is 11.7. The largest absolute Gasteiger partial charge is 0.444 e. The molecule has 4 amide bonds. The number of Topliss-reactive ketones (excluding diaryl/α,β-unsaturated/α-hetero) is 1. The van der Waals surface area contributed by atoms with E-state index in [2.05, 4.69) is 21.9 Å². The molecule has 4 unspecified atom stereocenters. The highest BCUT2D eigenvalue weighted by molar-refractivity contribution is 7.91. The van der Waals surface area contributed by atoms with Crippen LogP contribution in [-0.4, -0.2) is 77.9 Å². The topological polar surface area (TPSA) is 168 Å². The second-order valence-corrected chi connectivity index (χ2v) is 13.6. The number of nitrogens with zero attached hydrogens (tertiary/aromatic N) is 1. The van der Waals surface area contributed by atoms with E-state index in [9.17, 15) is 32.4 Å². The minimum atomic E-state index is -3.84. The van der Waals surface area contributed by atoms with Crippen LogP contribution in [0.25, 0.3) is 0 Å². The third-order valence-electron chi connectivity index (χ3n) is 7.34. The minimum Gasteiger partial charge on any atom is -0.444 e. The third-order valence-corrected chi connectivity index (χ3v) is 9.16. The maximum Gasteiger partial charge on any atom is 0.408 e. The number of ketones is 1. The van der Waals surface area contributed by atoms with Gasteiger partial charge in [0.25, 0.3) is 5.91 Å². The zero-order chi connectivity index (χ0) is 30.0. The van der Waals surface area contributed by atoms with Gasteiger partial charge in [-0.25, -0.2) is 13.2 Å². The van der Waals surface area contributed by atoms with E-state index in [0.717, 1.165) is 0 Å². The van der Waals surface area contributed by atoms with Crippen molar-refractivity contribution < 1.29 is 37.1 Å². The lowest BCUT2D eigenvalue weighted by molar-refractivity contribution is -0.141. The van der Waals surface area contributed by atoms with Gasteiger partial charge in [0.2, 0.25) is 21.8 Å². The molecular formula is C27H40N4O8S. The molecule has 4 atom stereocenters. The number of amides is 4. The van der Waals surface area contributed by atoms with Gasteiger partial charge in [0.1, 0.15) is 23.2 Å². The number of ether oxygens (including phenoxy) is 1. The number of carbonyl (C=O) groups is 5. The molecular weight excluding hydrogens is 540 g/mol. The fourth-order valence-corrected chi connectivity index (χ4v) is 6.04. The average Bonchev–Trinajstić information content (AvgIpc) is 3.77. The number of rotatable bonds is 11. The summed E-state index contributed by atoms with van der Waals surface area (Å²) >= 11 is 0. The fourth-order valence-electron chi connectivity index (χ4n) is 4.68. The van der Waals surface area contributed by atoms with Crippen molar-refractivity contribution >= 4 is 39.6 Å². The number of nitrogens with one attached hydrogen (secondary N) is 3. The van der Waals surface area contributed by atoms with Crippen LogP contribution in [0.15, 0.2) is 24.3 Å². The molecule has 1 heterocycles. The van der Waals surface area contributed by atoms with Gasteiger partial charge in [0, 0.05) is 18.9 Å². The summed E-state index contributed by atoms with van der Waals surface area (Å²) in [5, 5.41) is 4.55. The molecule has 2 aliphatic carbocycles. The molecule has 13 heteroatoms. The van der Waals surface area contributed by atoms with Crippen LogP contribution in [-0.2, 0) is 33.9 Å². The van der Waals surface area contributed by atoms with Gasteiger partial charge in [-0.1, -0.05) is 12.2 Å². The molecule has 3 rings (SSSR count). The maximum atomic E-state index is 13.6. The zero-order valence-corrected chi connectivity index (χ0v) is 24.6. The first-order valence-corrected chi connectivity index (χ1v) is 15.1. The highest BCUT2D eigenvalue weighted by Gasteiger charge is 2.61. The lowest BCUT2D eigenvalue weighted by atomic mass is 10.0. The fraction of sp³-hybridized carbons (Fsp3) is 0.667. The quantitative estimate of drug-likeness (QED) is 0.244. The number of alkyl carbamates (subject to hydrolysis) is 1. The van der Waals surface area contributed by atoms with Gasteiger partial charge in [0.15, 0.2) is 5.78 Å². The molecule has 3 N–H and O–H groups in total. The second-order valence-electron chi connectivity index (χ2n) is 11.7. The Hall–Kier alpha value is -3.22. The first kappa shape index (κ1) is 31.3. The van der Waals surface area contributed by atoms with Crippen LogP contribution in [0, 0.1) is 5.92 Å².